The lowest BCUT2D eigenvalue weighted by Crippen LogP contribution is -2.49. The Labute approximate surface area is 102 Å². The summed E-state index contributed by atoms with van der Waals surface area (Å²) in [5, 5.41) is 0. The minimum absolute atomic E-state index is 0.0519. The van der Waals surface area contributed by atoms with E-state index in [2.05, 4.69) is 0 Å². The molecule has 0 radical (unpaired) electrons. The lowest BCUT2D eigenvalue weighted by Gasteiger charge is -2.31. The smallest absolute Gasteiger partial charge is 0.182 e. The van der Waals surface area contributed by atoms with Gasteiger partial charge in [-0.1, -0.05) is 31.4 Å². The van der Waals surface area contributed by atoms with Gasteiger partial charge < -0.3 is 10.5 Å². The molecule has 1 aliphatic rings. The van der Waals surface area contributed by atoms with Gasteiger partial charge in [-0.25, -0.2) is 0 Å². The summed E-state index contributed by atoms with van der Waals surface area (Å²) in [7, 11) is 1.60. The van der Waals surface area contributed by atoms with Gasteiger partial charge in [-0.2, -0.15) is 0 Å². The van der Waals surface area contributed by atoms with Crippen molar-refractivity contribution in [3.8, 4) is 5.75 Å². The summed E-state index contributed by atoms with van der Waals surface area (Å²) in [5.74, 6) is 0.756. The highest BCUT2D eigenvalue weighted by Crippen LogP contribution is 2.29. The Hall–Kier alpha value is -1.35. The Bertz CT molecular complexity index is 408. The van der Waals surface area contributed by atoms with Crippen LogP contribution < -0.4 is 10.5 Å². The average Bonchev–Trinajstić information content (AvgIpc) is 2.39. The molecule has 1 aromatic rings. The van der Waals surface area contributed by atoms with Crippen molar-refractivity contribution in [1.82, 2.24) is 0 Å². The third kappa shape index (κ3) is 2.50. The summed E-state index contributed by atoms with van der Waals surface area (Å²) in [6.07, 6.45) is 4.87. The maximum Gasteiger partial charge on any atom is 0.182 e. The van der Waals surface area contributed by atoms with Crippen LogP contribution in [0, 0.1) is 0 Å². The summed E-state index contributed by atoms with van der Waals surface area (Å²) < 4.78 is 5.13. The van der Waals surface area contributed by atoms with E-state index in [1.807, 2.05) is 18.2 Å². The van der Waals surface area contributed by atoms with Crippen LogP contribution in [0.15, 0.2) is 24.3 Å². The molecule has 1 fully saturated rings. The first kappa shape index (κ1) is 12.1. The van der Waals surface area contributed by atoms with Crippen LogP contribution in [0.5, 0.6) is 5.75 Å². The van der Waals surface area contributed by atoms with Crippen molar-refractivity contribution < 1.29 is 9.53 Å². The van der Waals surface area contributed by atoms with E-state index in [4.69, 9.17) is 10.5 Å². The zero-order valence-corrected chi connectivity index (χ0v) is 10.2. The quantitative estimate of drug-likeness (QED) is 0.816. The summed E-state index contributed by atoms with van der Waals surface area (Å²) in [6.45, 7) is 0. The van der Waals surface area contributed by atoms with E-state index in [1.54, 1.807) is 13.2 Å². The first-order valence-electron chi connectivity index (χ1n) is 6.13. The Kier molecular flexibility index (Phi) is 3.48. The first-order chi connectivity index (χ1) is 8.15. The van der Waals surface area contributed by atoms with Gasteiger partial charge in [0, 0.05) is 5.56 Å². The molecule has 0 bridgehead atoms. The number of benzene rings is 1. The number of hydrogen-bond acceptors (Lipinski definition) is 3. The highest BCUT2D eigenvalue weighted by atomic mass is 16.5. The highest BCUT2D eigenvalue weighted by Gasteiger charge is 2.35. The molecule has 1 saturated carbocycles. The molecular formula is C14H19NO2. The molecule has 0 atom stereocenters. The van der Waals surface area contributed by atoms with Gasteiger partial charge in [0.05, 0.1) is 12.6 Å². The fourth-order valence-electron chi connectivity index (χ4n) is 2.46. The molecule has 0 saturated heterocycles. The van der Waals surface area contributed by atoms with E-state index in [9.17, 15) is 4.79 Å². The number of ether oxygens (including phenoxy) is 1. The number of Topliss-reactive ketones (excluding diaryl/α,β-unsaturated/α-hetero) is 1. The molecule has 0 aliphatic heterocycles. The van der Waals surface area contributed by atoms with Crippen molar-refractivity contribution in [2.45, 2.75) is 37.6 Å². The molecule has 17 heavy (non-hydrogen) atoms. The standard InChI is InChI=1S/C14H19NO2/c1-17-12-7-5-6-11(10-12)13(16)14(15)8-3-2-4-9-14/h5-7,10H,2-4,8-9,15H2,1H3. The van der Waals surface area contributed by atoms with E-state index in [-0.39, 0.29) is 5.78 Å². The van der Waals surface area contributed by atoms with Crippen LogP contribution in [-0.4, -0.2) is 18.4 Å². The number of nitrogens with two attached hydrogens (primary N) is 1. The van der Waals surface area contributed by atoms with Crippen LogP contribution in [0.1, 0.15) is 42.5 Å². The van der Waals surface area contributed by atoms with Gasteiger partial charge in [-0.3, -0.25) is 4.79 Å². The molecule has 0 aromatic heterocycles. The number of carbonyl (C=O) groups excluding carboxylic acids is 1. The van der Waals surface area contributed by atoms with Crippen molar-refractivity contribution in [3.63, 3.8) is 0 Å². The first-order valence-corrected chi connectivity index (χ1v) is 6.13. The van der Waals surface area contributed by atoms with Crippen LogP contribution in [0.3, 0.4) is 0 Å². The average molecular weight is 233 g/mol. The molecule has 0 spiro atoms. The fraction of sp³-hybridized carbons (Fsp3) is 0.500. The van der Waals surface area contributed by atoms with Crippen molar-refractivity contribution >= 4 is 5.78 Å². The lowest BCUT2D eigenvalue weighted by atomic mass is 9.77. The number of carbonyl (C=O) groups is 1. The normalized spacial score (nSPS) is 18.7. The third-order valence-electron chi connectivity index (χ3n) is 3.53. The maximum atomic E-state index is 12.4. The fourth-order valence-corrected chi connectivity index (χ4v) is 2.46. The predicted molar refractivity (Wildman–Crippen MR) is 67.3 cm³/mol. The molecule has 1 aliphatic carbocycles. The van der Waals surface area contributed by atoms with Gasteiger partial charge in [0.15, 0.2) is 5.78 Å². The van der Waals surface area contributed by atoms with Crippen LogP contribution in [-0.2, 0) is 0 Å². The number of hydrogen-bond donors (Lipinski definition) is 1. The van der Waals surface area contributed by atoms with Crippen LogP contribution in [0.2, 0.25) is 0 Å². The van der Waals surface area contributed by atoms with Crippen LogP contribution in [0.4, 0.5) is 0 Å². The van der Waals surface area contributed by atoms with E-state index in [0.29, 0.717) is 11.3 Å². The summed E-state index contributed by atoms with van der Waals surface area (Å²) in [4.78, 5) is 12.4. The lowest BCUT2D eigenvalue weighted by molar-refractivity contribution is 0.0847. The van der Waals surface area contributed by atoms with E-state index >= 15 is 0 Å². The zero-order valence-electron chi connectivity index (χ0n) is 10.2. The Morgan fingerprint density at radius 2 is 2.00 bits per heavy atom. The van der Waals surface area contributed by atoms with Crippen molar-refractivity contribution in [1.29, 1.82) is 0 Å². The van der Waals surface area contributed by atoms with Crippen LogP contribution in [0.25, 0.3) is 0 Å². The van der Waals surface area contributed by atoms with E-state index < -0.39 is 5.54 Å². The summed E-state index contributed by atoms with van der Waals surface area (Å²) >= 11 is 0. The number of rotatable bonds is 3. The van der Waals surface area contributed by atoms with Gasteiger partial charge in [0.2, 0.25) is 0 Å². The molecule has 0 unspecified atom stereocenters. The van der Waals surface area contributed by atoms with Gasteiger partial charge in [-0.05, 0) is 25.0 Å². The molecule has 3 heteroatoms. The Morgan fingerprint density at radius 1 is 1.29 bits per heavy atom. The molecular weight excluding hydrogens is 214 g/mol. The van der Waals surface area contributed by atoms with Crippen LogP contribution >= 0.6 is 0 Å². The SMILES string of the molecule is COc1cccc(C(=O)C2(N)CCCCC2)c1. The summed E-state index contributed by atoms with van der Waals surface area (Å²) in [5.41, 5.74) is 6.23. The second kappa shape index (κ2) is 4.88. The number of methoxy groups -OCH3 is 1. The second-order valence-electron chi connectivity index (χ2n) is 4.78. The van der Waals surface area contributed by atoms with Gasteiger partial charge in [0.1, 0.15) is 5.75 Å². The summed E-state index contributed by atoms with van der Waals surface area (Å²) in [6, 6.07) is 7.25. The van der Waals surface area contributed by atoms with Crippen molar-refractivity contribution in [3.05, 3.63) is 29.8 Å². The van der Waals surface area contributed by atoms with Crippen molar-refractivity contribution in [2.24, 2.45) is 5.73 Å². The molecule has 92 valence electrons. The van der Waals surface area contributed by atoms with Crippen molar-refractivity contribution in [2.75, 3.05) is 7.11 Å². The number of ketones is 1. The third-order valence-corrected chi connectivity index (χ3v) is 3.53. The van der Waals surface area contributed by atoms with Gasteiger partial charge in [-0.15, -0.1) is 0 Å². The molecule has 0 amide bonds. The molecule has 3 nitrogen and oxygen atoms in total. The second-order valence-corrected chi connectivity index (χ2v) is 4.78. The maximum absolute atomic E-state index is 12.4. The molecule has 1 aromatic carbocycles. The zero-order chi connectivity index (χ0) is 12.3. The minimum Gasteiger partial charge on any atom is -0.497 e. The topological polar surface area (TPSA) is 52.3 Å². The predicted octanol–water partition coefficient (Wildman–Crippen LogP) is 2.54. The van der Waals surface area contributed by atoms with E-state index in [1.165, 1.54) is 6.42 Å². The molecule has 2 rings (SSSR count). The monoisotopic (exact) mass is 233 g/mol. The molecule has 0 heterocycles. The van der Waals surface area contributed by atoms with E-state index in [0.717, 1.165) is 25.7 Å². The Balaban J connectivity index is 2.23. The minimum atomic E-state index is -0.662. The van der Waals surface area contributed by atoms with Gasteiger partial charge >= 0.3 is 0 Å². The molecule has 2 N–H and O–H groups in total. The largest absolute Gasteiger partial charge is 0.497 e. The van der Waals surface area contributed by atoms with Gasteiger partial charge in [0.25, 0.3) is 0 Å². The highest BCUT2D eigenvalue weighted by molar-refractivity contribution is 6.03. The Morgan fingerprint density at radius 3 is 2.65 bits per heavy atom.